The normalized spacial score (nSPS) is 9.95. The maximum absolute atomic E-state index is 11.9. The number of unbranched alkanes of at least 4 members (excludes halogenated alkanes) is 5. The summed E-state index contributed by atoms with van der Waals surface area (Å²) in [4.78, 5) is 11.9. The van der Waals surface area contributed by atoms with Crippen molar-refractivity contribution < 1.29 is 9.53 Å². The summed E-state index contributed by atoms with van der Waals surface area (Å²) in [5, 5.41) is 11.7. The number of amides is 1. The fourth-order valence-electron chi connectivity index (χ4n) is 2.14. The molecule has 1 amide bonds. The van der Waals surface area contributed by atoms with E-state index in [1.54, 1.807) is 18.2 Å². The smallest absolute Gasteiger partial charge is 0.224 e. The van der Waals surface area contributed by atoms with Gasteiger partial charge in [-0.2, -0.15) is 5.26 Å². The first kappa shape index (κ1) is 17.0. The van der Waals surface area contributed by atoms with E-state index in [4.69, 9.17) is 10.00 Å². The maximum Gasteiger partial charge on any atom is 0.224 e. The highest BCUT2D eigenvalue weighted by molar-refractivity contribution is 5.92. The molecule has 4 nitrogen and oxygen atoms in total. The number of hydrogen-bond donors (Lipinski definition) is 1. The van der Waals surface area contributed by atoms with Crippen molar-refractivity contribution in [3.05, 3.63) is 23.8 Å². The number of carbonyl (C=O) groups is 1. The summed E-state index contributed by atoms with van der Waals surface area (Å²) in [5.41, 5.74) is 1.13. The third kappa shape index (κ3) is 6.31. The Bertz CT molecular complexity index is 492. The summed E-state index contributed by atoms with van der Waals surface area (Å²) in [5.74, 6) is 0.513. The third-order valence-electron chi connectivity index (χ3n) is 3.36. The van der Waals surface area contributed by atoms with Crippen LogP contribution in [0.4, 0.5) is 5.69 Å². The molecule has 0 atom stereocenters. The van der Waals surface area contributed by atoms with E-state index in [1.807, 2.05) is 6.07 Å². The molecule has 1 rings (SSSR count). The topological polar surface area (TPSA) is 62.1 Å². The van der Waals surface area contributed by atoms with Gasteiger partial charge < -0.3 is 10.1 Å². The van der Waals surface area contributed by atoms with Crippen molar-refractivity contribution in [3.63, 3.8) is 0 Å². The molecule has 0 radical (unpaired) electrons. The van der Waals surface area contributed by atoms with Crippen LogP contribution in [-0.4, -0.2) is 13.0 Å². The molecule has 0 aliphatic heterocycles. The van der Waals surface area contributed by atoms with E-state index in [2.05, 4.69) is 12.2 Å². The molecule has 21 heavy (non-hydrogen) atoms. The molecule has 0 saturated heterocycles. The van der Waals surface area contributed by atoms with Crippen molar-refractivity contribution in [2.75, 3.05) is 12.4 Å². The maximum atomic E-state index is 11.9. The Hall–Kier alpha value is -2.02. The van der Waals surface area contributed by atoms with Gasteiger partial charge >= 0.3 is 0 Å². The molecule has 0 saturated carbocycles. The van der Waals surface area contributed by atoms with E-state index in [0.717, 1.165) is 12.8 Å². The van der Waals surface area contributed by atoms with Crippen LogP contribution >= 0.6 is 0 Å². The van der Waals surface area contributed by atoms with Crippen molar-refractivity contribution in [3.8, 4) is 11.8 Å². The number of ether oxygens (including phenoxy) is 1. The van der Waals surface area contributed by atoms with Crippen LogP contribution in [0.5, 0.6) is 5.75 Å². The number of methoxy groups -OCH3 is 1. The standard InChI is InChI=1S/C17H24N2O2/c1-3-4-5-6-7-8-9-17(20)19-15-11-10-14(13-18)12-16(15)21-2/h10-12H,3-9H2,1-2H3,(H,19,20). The average molecular weight is 288 g/mol. The number of hydrogen-bond acceptors (Lipinski definition) is 3. The molecular weight excluding hydrogens is 264 g/mol. The average Bonchev–Trinajstić information content (AvgIpc) is 2.51. The fourth-order valence-corrected chi connectivity index (χ4v) is 2.14. The molecule has 0 aliphatic carbocycles. The zero-order chi connectivity index (χ0) is 15.5. The quantitative estimate of drug-likeness (QED) is 0.691. The predicted octanol–water partition coefficient (Wildman–Crippen LogP) is 4.26. The van der Waals surface area contributed by atoms with Gasteiger partial charge in [-0.15, -0.1) is 0 Å². The van der Waals surface area contributed by atoms with Gasteiger partial charge in [0.25, 0.3) is 0 Å². The van der Waals surface area contributed by atoms with Gasteiger partial charge in [0.05, 0.1) is 24.4 Å². The van der Waals surface area contributed by atoms with Gasteiger partial charge in [-0.25, -0.2) is 0 Å². The van der Waals surface area contributed by atoms with Gasteiger partial charge in [0.1, 0.15) is 5.75 Å². The molecule has 1 aromatic rings. The second-order valence-electron chi connectivity index (χ2n) is 5.09. The van der Waals surface area contributed by atoms with Gasteiger partial charge in [-0.05, 0) is 18.6 Å². The highest BCUT2D eigenvalue weighted by atomic mass is 16.5. The van der Waals surface area contributed by atoms with Crippen molar-refractivity contribution in [1.82, 2.24) is 0 Å². The Kier molecular flexibility index (Phi) is 7.96. The third-order valence-corrected chi connectivity index (χ3v) is 3.36. The lowest BCUT2D eigenvalue weighted by Crippen LogP contribution is -2.12. The van der Waals surface area contributed by atoms with E-state index < -0.39 is 0 Å². The van der Waals surface area contributed by atoms with Crippen molar-refractivity contribution >= 4 is 11.6 Å². The van der Waals surface area contributed by atoms with Crippen LogP contribution in [0.3, 0.4) is 0 Å². The molecule has 1 N–H and O–H groups in total. The van der Waals surface area contributed by atoms with E-state index in [0.29, 0.717) is 23.4 Å². The molecule has 0 spiro atoms. The molecule has 0 unspecified atom stereocenters. The number of nitrogens with one attached hydrogen (secondary N) is 1. The number of nitrogens with zero attached hydrogens (tertiary/aromatic N) is 1. The van der Waals surface area contributed by atoms with Crippen LogP contribution in [0.15, 0.2) is 18.2 Å². The van der Waals surface area contributed by atoms with E-state index in [-0.39, 0.29) is 5.91 Å². The second-order valence-corrected chi connectivity index (χ2v) is 5.09. The Morgan fingerprint density at radius 3 is 2.62 bits per heavy atom. The van der Waals surface area contributed by atoms with Gasteiger partial charge in [0, 0.05) is 12.5 Å². The first-order chi connectivity index (χ1) is 10.2. The lowest BCUT2D eigenvalue weighted by molar-refractivity contribution is -0.116. The van der Waals surface area contributed by atoms with Crippen LogP contribution < -0.4 is 10.1 Å². The minimum Gasteiger partial charge on any atom is -0.495 e. The van der Waals surface area contributed by atoms with Gasteiger partial charge in [0.2, 0.25) is 5.91 Å². The van der Waals surface area contributed by atoms with E-state index in [9.17, 15) is 4.79 Å². The monoisotopic (exact) mass is 288 g/mol. The SMILES string of the molecule is CCCCCCCCC(=O)Nc1ccc(C#N)cc1OC. The van der Waals surface area contributed by atoms with Gasteiger partial charge in [-0.3, -0.25) is 4.79 Å². The van der Waals surface area contributed by atoms with Crippen LogP contribution in [0.25, 0.3) is 0 Å². The predicted molar refractivity (Wildman–Crippen MR) is 84.3 cm³/mol. The Labute approximate surface area is 127 Å². The lowest BCUT2D eigenvalue weighted by Gasteiger charge is -2.10. The van der Waals surface area contributed by atoms with E-state index in [1.165, 1.54) is 32.8 Å². The zero-order valence-electron chi connectivity index (χ0n) is 12.9. The van der Waals surface area contributed by atoms with Crippen LogP contribution in [0, 0.1) is 11.3 Å². The summed E-state index contributed by atoms with van der Waals surface area (Å²) in [6.45, 7) is 2.19. The molecular formula is C17H24N2O2. The molecule has 0 heterocycles. The number of rotatable bonds is 9. The Morgan fingerprint density at radius 1 is 1.24 bits per heavy atom. The number of anilines is 1. The number of nitriles is 1. The fraction of sp³-hybridized carbons (Fsp3) is 0.529. The Morgan fingerprint density at radius 2 is 1.95 bits per heavy atom. The molecule has 0 bridgehead atoms. The summed E-state index contributed by atoms with van der Waals surface area (Å²) in [7, 11) is 1.53. The van der Waals surface area contributed by atoms with Crippen LogP contribution in [0.2, 0.25) is 0 Å². The highest BCUT2D eigenvalue weighted by Gasteiger charge is 2.08. The molecule has 1 aromatic carbocycles. The molecule has 0 aromatic heterocycles. The first-order valence-electron chi connectivity index (χ1n) is 7.59. The molecule has 0 fully saturated rings. The van der Waals surface area contributed by atoms with Crippen LogP contribution in [-0.2, 0) is 4.79 Å². The zero-order valence-corrected chi connectivity index (χ0v) is 12.9. The minimum absolute atomic E-state index is 0.00602. The minimum atomic E-state index is -0.00602. The van der Waals surface area contributed by atoms with Crippen LogP contribution in [0.1, 0.15) is 57.4 Å². The highest BCUT2D eigenvalue weighted by Crippen LogP contribution is 2.25. The second kappa shape index (κ2) is 9.82. The van der Waals surface area contributed by atoms with Gasteiger partial charge in [-0.1, -0.05) is 39.0 Å². The molecule has 0 aliphatic rings. The number of benzene rings is 1. The summed E-state index contributed by atoms with van der Waals surface area (Å²) in [6, 6.07) is 7.05. The first-order valence-corrected chi connectivity index (χ1v) is 7.59. The number of carbonyl (C=O) groups excluding carboxylic acids is 1. The summed E-state index contributed by atoms with van der Waals surface area (Å²) >= 11 is 0. The molecule has 4 heteroatoms. The molecule has 114 valence electrons. The summed E-state index contributed by atoms with van der Waals surface area (Å²) < 4.78 is 5.19. The van der Waals surface area contributed by atoms with Crippen molar-refractivity contribution in [1.29, 1.82) is 5.26 Å². The lowest BCUT2D eigenvalue weighted by atomic mass is 10.1. The largest absolute Gasteiger partial charge is 0.495 e. The van der Waals surface area contributed by atoms with E-state index >= 15 is 0 Å². The summed E-state index contributed by atoms with van der Waals surface area (Å²) in [6.07, 6.45) is 7.48. The Balaban J connectivity index is 2.39. The van der Waals surface area contributed by atoms with Gasteiger partial charge in [0.15, 0.2) is 0 Å². The van der Waals surface area contributed by atoms with Crippen molar-refractivity contribution in [2.45, 2.75) is 51.9 Å². The van der Waals surface area contributed by atoms with Crippen molar-refractivity contribution in [2.24, 2.45) is 0 Å².